The van der Waals surface area contributed by atoms with Crippen molar-refractivity contribution in [2.24, 2.45) is 0 Å². The van der Waals surface area contributed by atoms with Crippen molar-refractivity contribution in [1.29, 1.82) is 0 Å². The first-order valence-electron chi connectivity index (χ1n) is 7.66. The number of para-hydroxylation sites is 2. The third-order valence-electron chi connectivity index (χ3n) is 3.17. The van der Waals surface area contributed by atoms with Crippen LogP contribution in [0.3, 0.4) is 0 Å². The minimum atomic E-state index is -2.12. The van der Waals surface area contributed by atoms with Gasteiger partial charge in [0.25, 0.3) is 0 Å². The third-order valence-corrected chi connectivity index (χ3v) is 10.5. The summed E-state index contributed by atoms with van der Waals surface area (Å²) < 4.78 is 11.8. The number of carbonyl (C=O) groups is 2. The molecule has 0 saturated carbocycles. The van der Waals surface area contributed by atoms with Gasteiger partial charge in [-0.1, -0.05) is 0 Å². The van der Waals surface area contributed by atoms with Gasteiger partial charge >= 0.3 is 152 Å². The summed E-state index contributed by atoms with van der Waals surface area (Å²) in [6, 6.07) is 17.9. The molecule has 0 aliphatic heterocycles. The molecule has 0 spiro atoms. The molecular formula is C18H18O4SSn. The van der Waals surface area contributed by atoms with Crippen LogP contribution in [0.1, 0.15) is 12.8 Å². The average Bonchev–Trinajstić information content (AvgIpc) is 2.60. The Hall–Kier alpha value is -1.60. The topological polar surface area (TPSA) is 52.6 Å². The molecule has 124 valence electrons. The van der Waals surface area contributed by atoms with Crippen LogP contribution >= 0.6 is 9.29 Å². The van der Waals surface area contributed by atoms with Crippen molar-refractivity contribution in [2.75, 3.05) is 0 Å². The maximum absolute atomic E-state index is 11.8. The van der Waals surface area contributed by atoms with Gasteiger partial charge in [-0.05, 0) is 0 Å². The van der Waals surface area contributed by atoms with Crippen LogP contribution < -0.4 is 9.47 Å². The van der Waals surface area contributed by atoms with Gasteiger partial charge < -0.3 is 0 Å². The molecule has 2 rings (SSSR count). The number of benzene rings is 2. The number of rotatable bonds is 8. The van der Waals surface area contributed by atoms with E-state index in [0.29, 0.717) is 33.2 Å². The molecule has 24 heavy (non-hydrogen) atoms. The SMILES string of the molecule is O=C(C[CH2][Sn](=[S])[CH2]CC(=O)Oc1ccccc1)Oc1ccccc1. The van der Waals surface area contributed by atoms with Gasteiger partial charge in [0.05, 0.1) is 0 Å². The van der Waals surface area contributed by atoms with Crippen LogP contribution in [0.4, 0.5) is 0 Å². The summed E-state index contributed by atoms with van der Waals surface area (Å²) in [7, 11) is 5.48. The number of esters is 2. The molecule has 0 aromatic heterocycles. The van der Waals surface area contributed by atoms with E-state index in [0.717, 1.165) is 0 Å². The van der Waals surface area contributed by atoms with Crippen LogP contribution in [0.2, 0.25) is 8.87 Å². The first-order chi connectivity index (χ1) is 11.6. The summed E-state index contributed by atoms with van der Waals surface area (Å²) in [5.74, 6) is 0.555. The van der Waals surface area contributed by atoms with Gasteiger partial charge in [-0.15, -0.1) is 0 Å². The fourth-order valence-corrected chi connectivity index (χ4v) is 6.79. The maximum atomic E-state index is 11.8. The molecule has 0 aliphatic rings. The number of hydrogen-bond donors (Lipinski definition) is 0. The Morgan fingerprint density at radius 3 is 1.50 bits per heavy atom. The zero-order chi connectivity index (χ0) is 17.2. The van der Waals surface area contributed by atoms with Crippen molar-refractivity contribution in [3.8, 4) is 11.5 Å². The first-order valence-corrected chi connectivity index (χ1v) is 15.6. The second-order valence-electron chi connectivity index (χ2n) is 5.11. The quantitative estimate of drug-likeness (QED) is 0.344. The van der Waals surface area contributed by atoms with Crippen molar-refractivity contribution in [3.05, 3.63) is 60.7 Å². The number of carbonyl (C=O) groups excluding carboxylic acids is 2. The number of ether oxygens (including phenoxy) is 2. The predicted molar refractivity (Wildman–Crippen MR) is 96.3 cm³/mol. The fraction of sp³-hybridized carbons (Fsp3) is 0.222. The predicted octanol–water partition coefficient (Wildman–Crippen LogP) is 4.17. The molecule has 2 aromatic carbocycles. The monoisotopic (exact) mass is 450 g/mol. The summed E-state index contributed by atoms with van der Waals surface area (Å²) in [5.41, 5.74) is 0. The third kappa shape index (κ3) is 7.31. The molecule has 0 saturated heterocycles. The Labute approximate surface area is 151 Å². The van der Waals surface area contributed by atoms with Crippen molar-refractivity contribution in [2.45, 2.75) is 21.7 Å². The Kier molecular flexibility index (Phi) is 8.04. The summed E-state index contributed by atoms with van der Waals surface area (Å²) in [6.07, 6.45) is 0.641. The molecule has 6 heteroatoms. The Balaban J connectivity index is 1.64. The molecule has 0 fully saturated rings. The molecule has 2 aromatic rings. The van der Waals surface area contributed by atoms with E-state index in [9.17, 15) is 9.59 Å². The summed E-state index contributed by atoms with van der Waals surface area (Å²) >= 11 is -2.12. The van der Waals surface area contributed by atoms with Crippen molar-refractivity contribution in [1.82, 2.24) is 0 Å². The molecule has 0 heterocycles. The van der Waals surface area contributed by atoms with Crippen LogP contribution in [0, 0.1) is 0 Å². The molecule has 0 bridgehead atoms. The Morgan fingerprint density at radius 1 is 0.750 bits per heavy atom. The van der Waals surface area contributed by atoms with Gasteiger partial charge in [-0.25, -0.2) is 0 Å². The standard InChI is InChI=1S/2C9H9O2.S.Sn/c2*1-2-9(10)11-8-6-4-3-5-7-8;;/h2*3-7H,1-2H2;;. The van der Waals surface area contributed by atoms with E-state index < -0.39 is 17.8 Å². The van der Waals surface area contributed by atoms with E-state index in [1.54, 1.807) is 24.3 Å². The van der Waals surface area contributed by atoms with Crippen LogP contribution in [0.5, 0.6) is 11.5 Å². The zero-order valence-corrected chi connectivity index (χ0v) is 16.8. The van der Waals surface area contributed by atoms with Crippen LogP contribution in [0.25, 0.3) is 0 Å². The average molecular weight is 449 g/mol. The second kappa shape index (κ2) is 10.3. The van der Waals surface area contributed by atoms with Crippen molar-refractivity contribution < 1.29 is 19.1 Å². The molecule has 0 unspecified atom stereocenters. The first kappa shape index (κ1) is 18.7. The molecule has 0 atom stereocenters. The minimum absolute atomic E-state index is 0.268. The summed E-state index contributed by atoms with van der Waals surface area (Å²) in [6.45, 7) is 0. The Morgan fingerprint density at radius 2 is 1.12 bits per heavy atom. The van der Waals surface area contributed by atoms with Gasteiger partial charge in [0, 0.05) is 0 Å². The van der Waals surface area contributed by atoms with Crippen molar-refractivity contribution >= 4 is 39.0 Å². The van der Waals surface area contributed by atoms with E-state index >= 15 is 0 Å². The molecule has 0 radical (unpaired) electrons. The van der Waals surface area contributed by atoms with Gasteiger partial charge in [-0.2, -0.15) is 0 Å². The molecule has 4 nitrogen and oxygen atoms in total. The normalized spacial score (nSPS) is 10.0. The van der Waals surface area contributed by atoms with Gasteiger partial charge in [0.1, 0.15) is 0 Å². The zero-order valence-electron chi connectivity index (χ0n) is 13.1. The van der Waals surface area contributed by atoms with E-state index in [-0.39, 0.29) is 11.9 Å². The molecule has 0 aliphatic carbocycles. The number of hydrogen-bond acceptors (Lipinski definition) is 5. The van der Waals surface area contributed by atoms with E-state index in [4.69, 9.17) is 18.8 Å². The van der Waals surface area contributed by atoms with Crippen molar-refractivity contribution in [3.63, 3.8) is 0 Å². The van der Waals surface area contributed by atoms with Gasteiger partial charge in [0.2, 0.25) is 0 Å². The van der Waals surface area contributed by atoms with E-state index in [1.807, 2.05) is 36.4 Å². The van der Waals surface area contributed by atoms with Gasteiger partial charge in [0.15, 0.2) is 0 Å². The van der Waals surface area contributed by atoms with Crippen LogP contribution in [-0.2, 0) is 9.59 Å². The van der Waals surface area contributed by atoms with Gasteiger partial charge in [-0.3, -0.25) is 0 Å². The van der Waals surface area contributed by atoms with E-state index in [1.165, 1.54) is 0 Å². The second-order valence-corrected chi connectivity index (χ2v) is 14.9. The van der Waals surface area contributed by atoms with E-state index in [2.05, 4.69) is 0 Å². The molecule has 0 N–H and O–H groups in total. The van der Waals surface area contributed by atoms with Crippen LogP contribution in [0.15, 0.2) is 60.7 Å². The summed E-state index contributed by atoms with van der Waals surface area (Å²) in [4.78, 5) is 23.5. The molecular weight excluding hydrogens is 431 g/mol. The summed E-state index contributed by atoms with van der Waals surface area (Å²) in [5, 5.41) is 0. The Bertz CT molecular complexity index is 629. The molecule has 0 amide bonds. The van der Waals surface area contributed by atoms with Crippen LogP contribution in [-0.4, -0.2) is 29.8 Å². The fourth-order valence-electron chi connectivity index (χ4n) is 1.95.